The van der Waals surface area contributed by atoms with Gasteiger partial charge in [-0.3, -0.25) is 9.59 Å². The highest BCUT2D eigenvalue weighted by Crippen LogP contribution is 2.07. The van der Waals surface area contributed by atoms with Crippen LogP contribution in [-0.4, -0.2) is 24.1 Å². The maximum Gasteiger partial charge on any atom is 0.333 e. The van der Waals surface area contributed by atoms with Gasteiger partial charge in [0.15, 0.2) is 0 Å². The predicted molar refractivity (Wildman–Crippen MR) is 55.2 cm³/mol. The largest absolute Gasteiger partial charge is 0.462 e. The molecule has 0 radical (unpaired) electrons. The van der Waals surface area contributed by atoms with Crippen molar-refractivity contribution in [2.75, 3.05) is 6.61 Å². The van der Waals surface area contributed by atoms with Gasteiger partial charge in [0.25, 0.3) is 0 Å². The Hall–Kier alpha value is -1.45. The molecule has 0 aliphatic heterocycles. The minimum atomic E-state index is -0.664. The molecule has 0 saturated heterocycles. The molecule has 15 heavy (non-hydrogen) atoms. The van der Waals surface area contributed by atoms with Gasteiger partial charge < -0.3 is 4.74 Å². The Kier molecular flexibility index (Phi) is 5.52. The van der Waals surface area contributed by atoms with Crippen LogP contribution in [-0.2, 0) is 19.1 Å². The Morgan fingerprint density at radius 3 is 1.93 bits per heavy atom. The van der Waals surface area contributed by atoms with Crippen LogP contribution in [0.1, 0.15) is 27.2 Å². The first-order valence-electron chi connectivity index (χ1n) is 4.69. The van der Waals surface area contributed by atoms with Crippen molar-refractivity contribution in [1.82, 2.24) is 0 Å². The molecule has 0 aliphatic rings. The maximum absolute atomic E-state index is 11.0. The molecular formula is C11H16O4. The lowest BCUT2D eigenvalue weighted by atomic mass is 9.98. The zero-order chi connectivity index (χ0) is 12.0. The van der Waals surface area contributed by atoms with Gasteiger partial charge in [0, 0.05) is 5.57 Å². The van der Waals surface area contributed by atoms with Crippen LogP contribution < -0.4 is 0 Å². The summed E-state index contributed by atoms with van der Waals surface area (Å²) >= 11 is 0. The summed E-state index contributed by atoms with van der Waals surface area (Å²) in [6.45, 7) is 7.72. The van der Waals surface area contributed by atoms with Gasteiger partial charge in [0.1, 0.15) is 11.6 Å². The molecule has 0 spiro atoms. The first-order chi connectivity index (χ1) is 6.86. The topological polar surface area (TPSA) is 60.4 Å². The fourth-order valence-electron chi connectivity index (χ4n) is 1.09. The van der Waals surface area contributed by atoms with Gasteiger partial charge >= 0.3 is 5.97 Å². The fourth-order valence-corrected chi connectivity index (χ4v) is 1.09. The lowest BCUT2D eigenvalue weighted by Crippen LogP contribution is -2.22. The molecule has 0 unspecified atom stereocenters. The monoisotopic (exact) mass is 212 g/mol. The third-order valence-corrected chi connectivity index (χ3v) is 1.97. The second kappa shape index (κ2) is 6.11. The molecule has 0 heterocycles. The molecular weight excluding hydrogens is 196 g/mol. The number of carbonyl (C=O) groups is 3. The molecule has 4 nitrogen and oxygen atoms in total. The summed E-state index contributed by atoms with van der Waals surface area (Å²) in [6.07, 6.45) is 0.240. The molecule has 84 valence electrons. The van der Waals surface area contributed by atoms with E-state index in [1.165, 1.54) is 20.8 Å². The number of rotatable bonds is 6. The number of carbonyl (C=O) groups excluding carboxylic acids is 3. The summed E-state index contributed by atoms with van der Waals surface area (Å²) < 4.78 is 4.79. The quantitative estimate of drug-likeness (QED) is 0.378. The van der Waals surface area contributed by atoms with E-state index in [0.29, 0.717) is 5.57 Å². The molecule has 0 amide bonds. The third kappa shape index (κ3) is 5.10. The average Bonchev–Trinajstić information content (AvgIpc) is 2.10. The van der Waals surface area contributed by atoms with Crippen molar-refractivity contribution in [3.8, 4) is 0 Å². The van der Waals surface area contributed by atoms with E-state index in [-0.39, 0.29) is 24.6 Å². The van der Waals surface area contributed by atoms with Crippen molar-refractivity contribution in [2.45, 2.75) is 27.2 Å². The lowest BCUT2D eigenvalue weighted by Gasteiger charge is -2.10. The summed E-state index contributed by atoms with van der Waals surface area (Å²) in [5.74, 6) is -1.56. The van der Waals surface area contributed by atoms with Crippen molar-refractivity contribution in [3.05, 3.63) is 12.2 Å². The molecule has 0 aromatic heterocycles. The molecule has 0 aromatic carbocycles. The molecule has 0 bridgehead atoms. The normalized spacial score (nSPS) is 9.87. The Balaban J connectivity index is 4.03. The second-order valence-electron chi connectivity index (χ2n) is 3.48. The van der Waals surface area contributed by atoms with Crippen molar-refractivity contribution in [1.29, 1.82) is 0 Å². The summed E-state index contributed by atoms with van der Waals surface area (Å²) in [5.41, 5.74) is 0.303. The van der Waals surface area contributed by atoms with Gasteiger partial charge in [0.05, 0.1) is 12.5 Å². The van der Waals surface area contributed by atoms with Gasteiger partial charge in [-0.2, -0.15) is 0 Å². The van der Waals surface area contributed by atoms with Crippen LogP contribution in [0.2, 0.25) is 0 Å². The van der Waals surface area contributed by atoms with Crippen LogP contribution >= 0.6 is 0 Å². The van der Waals surface area contributed by atoms with Gasteiger partial charge in [-0.25, -0.2) is 4.79 Å². The van der Waals surface area contributed by atoms with Crippen LogP contribution in [0.5, 0.6) is 0 Å². The van der Waals surface area contributed by atoms with E-state index in [9.17, 15) is 14.4 Å². The minimum absolute atomic E-state index is 0.0650. The Morgan fingerprint density at radius 1 is 1.13 bits per heavy atom. The zero-order valence-electron chi connectivity index (χ0n) is 9.33. The van der Waals surface area contributed by atoms with E-state index in [4.69, 9.17) is 4.74 Å². The SMILES string of the molecule is C=C(C)C(=O)OCCC(C(C)=O)C(C)=O. The number of Topliss-reactive ketones (excluding diaryl/α,β-unsaturated/α-hetero) is 2. The van der Waals surface area contributed by atoms with Crippen LogP contribution in [0.25, 0.3) is 0 Å². The van der Waals surface area contributed by atoms with Crippen LogP contribution in [0.4, 0.5) is 0 Å². The van der Waals surface area contributed by atoms with Gasteiger partial charge in [-0.1, -0.05) is 6.58 Å². The summed E-state index contributed by atoms with van der Waals surface area (Å²) in [7, 11) is 0. The minimum Gasteiger partial charge on any atom is -0.462 e. The Labute approximate surface area is 89.3 Å². The van der Waals surface area contributed by atoms with Crippen molar-refractivity contribution < 1.29 is 19.1 Å². The first kappa shape index (κ1) is 13.5. The van der Waals surface area contributed by atoms with E-state index in [1.54, 1.807) is 0 Å². The highest BCUT2D eigenvalue weighted by Gasteiger charge is 2.19. The third-order valence-electron chi connectivity index (χ3n) is 1.97. The number of hydrogen-bond acceptors (Lipinski definition) is 4. The smallest absolute Gasteiger partial charge is 0.333 e. The van der Waals surface area contributed by atoms with E-state index in [0.717, 1.165) is 0 Å². The molecule has 4 heteroatoms. The van der Waals surface area contributed by atoms with Crippen LogP contribution in [0.3, 0.4) is 0 Å². The van der Waals surface area contributed by atoms with Crippen LogP contribution in [0, 0.1) is 5.92 Å². The molecule has 0 aliphatic carbocycles. The first-order valence-corrected chi connectivity index (χ1v) is 4.69. The second-order valence-corrected chi connectivity index (χ2v) is 3.48. The Morgan fingerprint density at radius 2 is 1.60 bits per heavy atom. The Bertz CT molecular complexity index is 277. The van der Waals surface area contributed by atoms with E-state index >= 15 is 0 Å². The van der Waals surface area contributed by atoms with E-state index in [1.807, 2.05) is 0 Å². The van der Waals surface area contributed by atoms with Crippen molar-refractivity contribution >= 4 is 17.5 Å². The molecule has 0 aromatic rings. The summed E-state index contributed by atoms with van der Waals surface area (Å²) in [4.78, 5) is 33.0. The van der Waals surface area contributed by atoms with E-state index in [2.05, 4.69) is 6.58 Å². The highest BCUT2D eigenvalue weighted by molar-refractivity contribution is 6.00. The number of hydrogen-bond donors (Lipinski definition) is 0. The van der Waals surface area contributed by atoms with Gasteiger partial charge in [-0.05, 0) is 27.2 Å². The van der Waals surface area contributed by atoms with Gasteiger partial charge in [0.2, 0.25) is 0 Å². The molecule has 0 saturated carbocycles. The lowest BCUT2D eigenvalue weighted by molar-refractivity contribution is -0.141. The van der Waals surface area contributed by atoms with Crippen LogP contribution in [0.15, 0.2) is 12.2 Å². The maximum atomic E-state index is 11.0. The molecule has 0 N–H and O–H groups in total. The number of ether oxygens (including phenoxy) is 1. The average molecular weight is 212 g/mol. The standard InChI is InChI=1S/C11H16O4/c1-7(2)11(14)15-6-5-10(8(3)12)9(4)13/h10H,1,5-6H2,2-4H3. The zero-order valence-corrected chi connectivity index (χ0v) is 9.33. The van der Waals surface area contributed by atoms with E-state index < -0.39 is 11.9 Å². The van der Waals surface area contributed by atoms with Crippen molar-refractivity contribution in [2.24, 2.45) is 5.92 Å². The molecule has 0 rings (SSSR count). The number of esters is 1. The summed E-state index contributed by atoms with van der Waals surface area (Å²) in [6, 6.07) is 0. The molecule has 0 fully saturated rings. The predicted octanol–water partition coefficient (Wildman–Crippen LogP) is 1.29. The van der Waals surface area contributed by atoms with Crippen molar-refractivity contribution in [3.63, 3.8) is 0 Å². The number of ketones is 2. The fraction of sp³-hybridized carbons (Fsp3) is 0.545. The van der Waals surface area contributed by atoms with Gasteiger partial charge in [-0.15, -0.1) is 0 Å². The summed E-state index contributed by atoms with van der Waals surface area (Å²) in [5, 5.41) is 0. The highest BCUT2D eigenvalue weighted by atomic mass is 16.5. The molecule has 0 atom stereocenters.